The molecule has 0 radical (unpaired) electrons. The third-order valence-corrected chi connectivity index (χ3v) is 4.29. The monoisotopic (exact) mass is 344 g/mol. The zero-order valence-electron chi connectivity index (χ0n) is 11.8. The van der Waals surface area contributed by atoms with Crippen LogP contribution in [0.25, 0.3) is 0 Å². The van der Waals surface area contributed by atoms with Gasteiger partial charge in [0, 0.05) is 10.0 Å². The van der Waals surface area contributed by atoms with Gasteiger partial charge in [-0.1, -0.05) is 47.0 Å². The number of nitrogens with one attached hydrogen (secondary N) is 1. The Morgan fingerprint density at radius 2 is 1.90 bits per heavy atom. The zero-order chi connectivity index (χ0) is 15.1. The predicted octanol–water partition coefficient (Wildman–Crippen LogP) is 3.39. The molecule has 108 valence electrons. The Bertz CT molecular complexity index is 598. The first-order chi connectivity index (χ1) is 10.2. The summed E-state index contributed by atoms with van der Waals surface area (Å²) in [4.78, 5) is 12.4. The highest BCUT2D eigenvalue weighted by Gasteiger charge is 2.37. The molecular weight excluding hydrogens is 328 g/mol. The van der Waals surface area contributed by atoms with Gasteiger partial charge in [-0.2, -0.15) is 5.26 Å². The fourth-order valence-electron chi connectivity index (χ4n) is 2.58. The van der Waals surface area contributed by atoms with Gasteiger partial charge in [0.1, 0.15) is 12.0 Å². The molecule has 1 aromatic rings. The van der Waals surface area contributed by atoms with Crippen LogP contribution in [0.1, 0.15) is 37.7 Å². The summed E-state index contributed by atoms with van der Waals surface area (Å²) in [7, 11) is 0. The van der Waals surface area contributed by atoms with E-state index in [9.17, 15) is 4.79 Å². The molecule has 1 N–H and O–H groups in total. The van der Waals surface area contributed by atoms with E-state index in [1.165, 1.54) is 0 Å². The van der Waals surface area contributed by atoms with Gasteiger partial charge in [0.25, 0.3) is 0 Å². The SMILES string of the molecule is N#CCNC(=O)C1(C#Cc2ccc(Br)cc2)CCCCC1. The molecule has 0 aromatic heterocycles. The second-order valence-electron chi connectivity index (χ2n) is 5.24. The fourth-order valence-corrected chi connectivity index (χ4v) is 2.84. The summed E-state index contributed by atoms with van der Waals surface area (Å²) in [5.74, 6) is 6.21. The first-order valence-corrected chi connectivity index (χ1v) is 7.90. The molecule has 1 aliphatic carbocycles. The highest BCUT2D eigenvalue weighted by atomic mass is 79.9. The minimum Gasteiger partial charge on any atom is -0.342 e. The molecule has 0 bridgehead atoms. The number of nitriles is 1. The van der Waals surface area contributed by atoms with Crippen LogP contribution in [0.3, 0.4) is 0 Å². The van der Waals surface area contributed by atoms with E-state index in [0.29, 0.717) is 0 Å². The molecule has 3 nitrogen and oxygen atoms in total. The number of carbonyl (C=O) groups excluding carboxylic acids is 1. The summed E-state index contributed by atoms with van der Waals surface area (Å²) in [6.45, 7) is 0.0422. The Kier molecular flexibility index (Phi) is 5.42. The Hall–Kier alpha value is -1.78. The van der Waals surface area contributed by atoms with Crippen LogP contribution < -0.4 is 5.32 Å². The van der Waals surface area contributed by atoms with E-state index in [1.54, 1.807) is 0 Å². The molecule has 1 aliphatic rings. The van der Waals surface area contributed by atoms with Crippen molar-refractivity contribution in [2.45, 2.75) is 32.1 Å². The minimum absolute atomic E-state index is 0.0422. The lowest BCUT2D eigenvalue weighted by Gasteiger charge is -2.30. The van der Waals surface area contributed by atoms with E-state index in [2.05, 4.69) is 33.1 Å². The molecule has 4 heteroatoms. The lowest BCUT2D eigenvalue weighted by Crippen LogP contribution is -2.41. The predicted molar refractivity (Wildman–Crippen MR) is 85.2 cm³/mol. The van der Waals surface area contributed by atoms with Crippen LogP contribution in [0.4, 0.5) is 0 Å². The molecule has 1 aromatic carbocycles. The molecule has 0 spiro atoms. The number of rotatable bonds is 2. The maximum Gasteiger partial charge on any atom is 0.239 e. The molecule has 0 atom stereocenters. The molecule has 2 rings (SSSR count). The molecule has 0 saturated heterocycles. The van der Waals surface area contributed by atoms with Gasteiger partial charge >= 0.3 is 0 Å². The third-order valence-electron chi connectivity index (χ3n) is 3.76. The summed E-state index contributed by atoms with van der Waals surface area (Å²) in [5, 5.41) is 11.3. The Balaban J connectivity index is 2.22. The quantitative estimate of drug-likeness (QED) is 0.660. The molecular formula is C17H17BrN2O. The van der Waals surface area contributed by atoms with Crippen molar-refractivity contribution in [2.75, 3.05) is 6.54 Å². The van der Waals surface area contributed by atoms with Crippen LogP contribution in [0.5, 0.6) is 0 Å². The van der Waals surface area contributed by atoms with Gasteiger partial charge in [-0.3, -0.25) is 4.79 Å². The normalized spacial score (nSPS) is 16.2. The number of nitrogens with zero attached hydrogens (tertiary/aromatic N) is 1. The highest BCUT2D eigenvalue weighted by molar-refractivity contribution is 9.10. The Morgan fingerprint density at radius 1 is 1.24 bits per heavy atom. The number of carbonyl (C=O) groups is 1. The summed E-state index contributed by atoms with van der Waals surface area (Å²) in [5.41, 5.74) is 0.263. The van der Waals surface area contributed by atoms with Gasteiger partial charge in [-0.15, -0.1) is 0 Å². The number of halogens is 1. The van der Waals surface area contributed by atoms with Crippen molar-refractivity contribution in [3.8, 4) is 17.9 Å². The van der Waals surface area contributed by atoms with Gasteiger partial charge in [-0.05, 0) is 37.1 Å². The van der Waals surface area contributed by atoms with Crippen molar-refractivity contribution in [1.29, 1.82) is 5.26 Å². The smallest absolute Gasteiger partial charge is 0.239 e. The van der Waals surface area contributed by atoms with Gasteiger partial charge in [0.2, 0.25) is 5.91 Å². The van der Waals surface area contributed by atoms with Crippen LogP contribution in [0.2, 0.25) is 0 Å². The van der Waals surface area contributed by atoms with Gasteiger partial charge < -0.3 is 5.32 Å². The van der Waals surface area contributed by atoms with Crippen molar-refractivity contribution in [1.82, 2.24) is 5.32 Å². The van der Waals surface area contributed by atoms with E-state index < -0.39 is 5.41 Å². The van der Waals surface area contributed by atoms with Crippen LogP contribution in [-0.2, 0) is 4.79 Å². The number of benzene rings is 1. The average Bonchev–Trinajstić information content (AvgIpc) is 2.53. The maximum absolute atomic E-state index is 12.4. The van der Waals surface area contributed by atoms with Crippen LogP contribution in [-0.4, -0.2) is 12.5 Å². The standard InChI is InChI=1S/C17H17BrN2O/c18-15-6-4-14(5-7-15)8-11-17(9-2-1-3-10-17)16(21)20-13-12-19/h4-7H,1-3,9-10,13H2,(H,20,21). The maximum atomic E-state index is 12.4. The van der Waals surface area contributed by atoms with E-state index in [0.717, 1.165) is 42.1 Å². The third kappa shape index (κ3) is 4.09. The van der Waals surface area contributed by atoms with Crippen LogP contribution in [0.15, 0.2) is 28.7 Å². The van der Waals surface area contributed by atoms with Gasteiger partial charge in [0.15, 0.2) is 0 Å². The molecule has 21 heavy (non-hydrogen) atoms. The Morgan fingerprint density at radius 3 is 2.52 bits per heavy atom. The lowest BCUT2D eigenvalue weighted by molar-refractivity contribution is -0.129. The lowest BCUT2D eigenvalue weighted by atomic mass is 9.73. The number of hydrogen-bond acceptors (Lipinski definition) is 2. The van der Waals surface area contributed by atoms with E-state index in [1.807, 2.05) is 30.3 Å². The van der Waals surface area contributed by atoms with Gasteiger partial charge in [0.05, 0.1) is 6.07 Å². The molecule has 1 fully saturated rings. The van der Waals surface area contributed by atoms with E-state index in [-0.39, 0.29) is 12.5 Å². The van der Waals surface area contributed by atoms with E-state index in [4.69, 9.17) is 5.26 Å². The van der Waals surface area contributed by atoms with Crippen molar-refractivity contribution in [3.63, 3.8) is 0 Å². The first kappa shape index (κ1) is 15.6. The van der Waals surface area contributed by atoms with Crippen LogP contribution >= 0.6 is 15.9 Å². The summed E-state index contributed by atoms with van der Waals surface area (Å²) in [6, 6.07) is 9.69. The number of hydrogen-bond donors (Lipinski definition) is 1. The molecule has 0 aliphatic heterocycles. The topological polar surface area (TPSA) is 52.9 Å². The van der Waals surface area contributed by atoms with E-state index >= 15 is 0 Å². The second kappa shape index (κ2) is 7.29. The average molecular weight is 345 g/mol. The molecule has 1 amide bonds. The molecule has 0 heterocycles. The summed E-state index contributed by atoms with van der Waals surface area (Å²) in [6.07, 6.45) is 4.71. The summed E-state index contributed by atoms with van der Waals surface area (Å²) >= 11 is 3.39. The van der Waals surface area contributed by atoms with Gasteiger partial charge in [-0.25, -0.2) is 0 Å². The minimum atomic E-state index is -0.637. The Labute approximate surface area is 133 Å². The number of amides is 1. The fraction of sp³-hybridized carbons (Fsp3) is 0.412. The van der Waals surface area contributed by atoms with Crippen molar-refractivity contribution in [2.24, 2.45) is 5.41 Å². The highest BCUT2D eigenvalue weighted by Crippen LogP contribution is 2.36. The zero-order valence-corrected chi connectivity index (χ0v) is 13.4. The van der Waals surface area contributed by atoms with Crippen LogP contribution in [0, 0.1) is 28.6 Å². The second-order valence-corrected chi connectivity index (χ2v) is 6.16. The van der Waals surface area contributed by atoms with Crippen molar-refractivity contribution >= 4 is 21.8 Å². The molecule has 0 unspecified atom stereocenters. The molecule has 1 saturated carbocycles. The van der Waals surface area contributed by atoms with Crippen molar-refractivity contribution in [3.05, 3.63) is 34.3 Å². The summed E-state index contributed by atoms with van der Waals surface area (Å²) < 4.78 is 1.01. The van der Waals surface area contributed by atoms with Crippen molar-refractivity contribution < 1.29 is 4.79 Å². The first-order valence-electron chi connectivity index (χ1n) is 7.10. The largest absolute Gasteiger partial charge is 0.342 e.